The molecule has 0 amide bonds. The lowest BCUT2D eigenvalue weighted by molar-refractivity contribution is 0.165. The first kappa shape index (κ1) is 21.8. The molecule has 1 fully saturated rings. The van der Waals surface area contributed by atoms with Crippen LogP contribution in [0.15, 0.2) is 54.7 Å². The Labute approximate surface area is 189 Å². The van der Waals surface area contributed by atoms with Gasteiger partial charge in [0, 0.05) is 50.4 Å². The van der Waals surface area contributed by atoms with E-state index < -0.39 is 0 Å². The Hall–Kier alpha value is -2.47. The molecule has 0 unspecified atom stereocenters. The molecule has 3 N–H and O–H groups in total. The smallest absolute Gasteiger partial charge is 0.128 e. The van der Waals surface area contributed by atoms with Gasteiger partial charge in [-0.25, -0.2) is 9.97 Å². The second-order valence-electron chi connectivity index (χ2n) is 8.29. The summed E-state index contributed by atoms with van der Waals surface area (Å²) in [4.78, 5) is 11.8. The van der Waals surface area contributed by atoms with Gasteiger partial charge in [-0.2, -0.15) is 0 Å². The molecular formula is C25H30ClN5. The first-order chi connectivity index (χ1) is 15.1. The Morgan fingerprint density at radius 3 is 2.87 bits per heavy atom. The minimum atomic E-state index is 0.555. The summed E-state index contributed by atoms with van der Waals surface area (Å²) in [7, 11) is 0. The molecule has 6 heteroatoms. The lowest BCUT2D eigenvalue weighted by atomic mass is 10.1. The number of rotatable bonds is 7. The van der Waals surface area contributed by atoms with Gasteiger partial charge in [-0.3, -0.25) is 4.90 Å². The molecule has 0 radical (unpaired) electrons. The molecule has 1 atom stereocenters. The summed E-state index contributed by atoms with van der Waals surface area (Å²) in [5, 5.41) is 4.07. The van der Waals surface area contributed by atoms with Crippen molar-refractivity contribution in [1.29, 1.82) is 0 Å². The molecule has 1 aromatic heterocycles. The van der Waals surface area contributed by atoms with Gasteiger partial charge in [0.05, 0.1) is 16.4 Å². The SMILES string of the molecule is C[C@H]1CNCCN1Cc1cccc(-c2ccnc(CCCc3ccc(N)c(Cl)c3)n2)c1. The van der Waals surface area contributed by atoms with E-state index in [-0.39, 0.29) is 0 Å². The maximum atomic E-state index is 6.12. The second kappa shape index (κ2) is 10.2. The average Bonchev–Trinajstić information content (AvgIpc) is 2.78. The molecule has 0 spiro atoms. The van der Waals surface area contributed by atoms with Gasteiger partial charge in [0.25, 0.3) is 0 Å². The molecule has 3 aromatic rings. The second-order valence-corrected chi connectivity index (χ2v) is 8.70. The largest absolute Gasteiger partial charge is 0.398 e. The van der Waals surface area contributed by atoms with Gasteiger partial charge in [0.15, 0.2) is 0 Å². The van der Waals surface area contributed by atoms with Gasteiger partial charge < -0.3 is 11.1 Å². The summed E-state index contributed by atoms with van der Waals surface area (Å²) < 4.78 is 0. The summed E-state index contributed by atoms with van der Waals surface area (Å²) in [6.07, 6.45) is 4.58. The molecule has 1 saturated heterocycles. The van der Waals surface area contributed by atoms with Gasteiger partial charge in [0.2, 0.25) is 0 Å². The number of piperazine rings is 1. The zero-order valence-electron chi connectivity index (χ0n) is 18.0. The molecule has 31 heavy (non-hydrogen) atoms. The van der Waals surface area contributed by atoms with Crippen molar-refractivity contribution in [3.05, 3.63) is 76.7 Å². The summed E-state index contributed by atoms with van der Waals surface area (Å²) >= 11 is 6.12. The third-order valence-electron chi connectivity index (χ3n) is 5.88. The average molecular weight is 436 g/mol. The van der Waals surface area contributed by atoms with Crippen LogP contribution in [0.2, 0.25) is 5.02 Å². The van der Waals surface area contributed by atoms with Gasteiger partial charge in [-0.05, 0) is 55.2 Å². The third-order valence-corrected chi connectivity index (χ3v) is 6.21. The van der Waals surface area contributed by atoms with E-state index in [1.54, 1.807) is 0 Å². The van der Waals surface area contributed by atoms with E-state index >= 15 is 0 Å². The lowest BCUT2D eigenvalue weighted by Crippen LogP contribution is -2.49. The van der Waals surface area contributed by atoms with Gasteiger partial charge in [0.1, 0.15) is 5.82 Å². The van der Waals surface area contributed by atoms with E-state index in [0.717, 1.165) is 62.5 Å². The highest BCUT2D eigenvalue weighted by Crippen LogP contribution is 2.22. The van der Waals surface area contributed by atoms with E-state index in [9.17, 15) is 0 Å². The molecule has 0 saturated carbocycles. The monoisotopic (exact) mass is 435 g/mol. The van der Waals surface area contributed by atoms with E-state index in [2.05, 4.69) is 46.4 Å². The first-order valence-corrected chi connectivity index (χ1v) is 11.4. The molecule has 1 aliphatic rings. The number of nitrogens with zero attached hydrogens (tertiary/aromatic N) is 3. The van der Waals surface area contributed by atoms with Crippen molar-refractivity contribution in [2.75, 3.05) is 25.4 Å². The number of benzene rings is 2. The number of nitrogen functional groups attached to an aromatic ring is 1. The molecule has 162 valence electrons. The Morgan fingerprint density at radius 1 is 1.13 bits per heavy atom. The summed E-state index contributed by atoms with van der Waals surface area (Å²) in [6.45, 7) is 6.45. The fourth-order valence-corrected chi connectivity index (χ4v) is 4.24. The molecule has 4 rings (SSSR count). The molecule has 5 nitrogen and oxygen atoms in total. The molecule has 1 aliphatic heterocycles. The number of aromatic nitrogens is 2. The molecule has 0 aliphatic carbocycles. The lowest BCUT2D eigenvalue weighted by Gasteiger charge is -2.33. The number of nitrogens with two attached hydrogens (primary N) is 1. The van der Waals surface area contributed by atoms with Crippen molar-refractivity contribution < 1.29 is 0 Å². The van der Waals surface area contributed by atoms with Gasteiger partial charge >= 0.3 is 0 Å². The van der Waals surface area contributed by atoms with Crippen molar-refractivity contribution in [1.82, 2.24) is 20.2 Å². The van der Waals surface area contributed by atoms with Gasteiger partial charge in [-0.15, -0.1) is 0 Å². The molecule has 0 bridgehead atoms. The van der Waals surface area contributed by atoms with E-state index in [1.165, 1.54) is 11.1 Å². The molecule has 2 aromatic carbocycles. The molecular weight excluding hydrogens is 406 g/mol. The number of anilines is 1. The normalized spacial score (nSPS) is 17.0. The Morgan fingerprint density at radius 2 is 2.03 bits per heavy atom. The van der Waals surface area contributed by atoms with Crippen LogP contribution < -0.4 is 11.1 Å². The van der Waals surface area contributed by atoms with Crippen molar-refractivity contribution in [2.24, 2.45) is 0 Å². The fourth-order valence-electron chi connectivity index (χ4n) is 4.04. The Balaban J connectivity index is 1.40. The summed E-state index contributed by atoms with van der Waals surface area (Å²) in [6, 6.07) is 17.1. The number of aryl methyl sites for hydroxylation is 2. The van der Waals surface area contributed by atoms with Crippen molar-refractivity contribution in [3.8, 4) is 11.3 Å². The Bertz CT molecular complexity index is 1020. The van der Waals surface area contributed by atoms with Crippen LogP contribution in [0.25, 0.3) is 11.3 Å². The zero-order valence-corrected chi connectivity index (χ0v) is 18.8. The van der Waals surface area contributed by atoms with Gasteiger partial charge in [-0.1, -0.05) is 35.9 Å². The Kier molecular flexibility index (Phi) is 7.17. The zero-order chi connectivity index (χ0) is 21.6. The predicted octanol–water partition coefficient (Wildman–Crippen LogP) is 4.35. The van der Waals surface area contributed by atoms with Crippen molar-refractivity contribution >= 4 is 17.3 Å². The number of hydrogen-bond acceptors (Lipinski definition) is 5. The maximum Gasteiger partial charge on any atom is 0.128 e. The standard InChI is InChI=1S/C25H30ClN5/c1-18-16-28-12-13-31(18)17-20-5-2-6-21(14-20)24-10-11-29-25(30-24)7-3-4-19-8-9-23(27)22(26)15-19/h2,5-6,8-11,14-15,18,28H,3-4,7,12-13,16-17,27H2,1H3/t18-/m0/s1. The topological polar surface area (TPSA) is 67.1 Å². The molecule has 2 heterocycles. The van der Waals surface area contributed by atoms with Crippen LogP contribution >= 0.6 is 11.6 Å². The highest BCUT2D eigenvalue weighted by atomic mass is 35.5. The highest BCUT2D eigenvalue weighted by Gasteiger charge is 2.18. The number of hydrogen-bond donors (Lipinski definition) is 2. The summed E-state index contributed by atoms with van der Waals surface area (Å²) in [5.74, 6) is 0.875. The first-order valence-electron chi connectivity index (χ1n) is 11.0. The minimum Gasteiger partial charge on any atom is -0.398 e. The van der Waals surface area contributed by atoms with Crippen LogP contribution in [0.4, 0.5) is 5.69 Å². The highest BCUT2D eigenvalue weighted by molar-refractivity contribution is 6.33. The van der Waals surface area contributed by atoms with Crippen LogP contribution in [0.3, 0.4) is 0 Å². The van der Waals surface area contributed by atoms with E-state index in [4.69, 9.17) is 22.3 Å². The summed E-state index contributed by atoms with van der Waals surface area (Å²) in [5.41, 5.74) is 11.1. The van der Waals surface area contributed by atoms with E-state index in [1.807, 2.05) is 30.5 Å². The van der Waals surface area contributed by atoms with Crippen LogP contribution in [0, 0.1) is 0 Å². The van der Waals surface area contributed by atoms with Crippen LogP contribution in [0.1, 0.15) is 30.3 Å². The van der Waals surface area contributed by atoms with Crippen LogP contribution in [-0.2, 0) is 19.4 Å². The van der Waals surface area contributed by atoms with Crippen LogP contribution in [0.5, 0.6) is 0 Å². The number of nitrogens with one attached hydrogen (secondary N) is 1. The van der Waals surface area contributed by atoms with Crippen molar-refractivity contribution in [3.63, 3.8) is 0 Å². The van der Waals surface area contributed by atoms with E-state index in [0.29, 0.717) is 16.8 Å². The number of halogens is 1. The minimum absolute atomic E-state index is 0.555. The third kappa shape index (κ3) is 5.82. The van der Waals surface area contributed by atoms with Crippen molar-refractivity contribution in [2.45, 2.75) is 38.8 Å². The maximum absolute atomic E-state index is 6.12. The quantitative estimate of drug-likeness (QED) is 0.540. The predicted molar refractivity (Wildman–Crippen MR) is 128 cm³/mol. The fraction of sp³-hybridized carbons (Fsp3) is 0.360. The van der Waals surface area contributed by atoms with Crippen LogP contribution in [-0.4, -0.2) is 40.5 Å².